The Hall–Kier alpha value is -0.840. The van der Waals surface area contributed by atoms with E-state index in [0.29, 0.717) is 6.04 Å². The Labute approximate surface area is 90.3 Å². The van der Waals surface area contributed by atoms with Gasteiger partial charge in [-0.1, -0.05) is 12.8 Å². The number of hydrogen-bond donors (Lipinski definition) is 2. The number of halogens is 1. The lowest BCUT2D eigenvalue weighted by Crippen LogP contribution is -2.20. The van der Waals surface area contributed by atoms with Crippen molar-refractivity contribution in [1.82, 2.24) is 9.97 Å². The molecule has 4 nitrogen and oxygen atoms in total. The number of anilines is 1. The number of aromatic amines is 1. The molecule has 14 heavy (non-hydrogen) atoms. The SMILES string of the molecule is O=c1ncc(Br)c(NC2CCCC2)[nH]1. The summed E-state index contributed by atoms with van der Waals surface area (Å²) in [7, 11) is 0. The fourth-order valence-corrected chi connectivity index (χ4v) is 2.07. The van der Waals surface area contributed by atoms with Gasteiger partial charge in [-0.15, -0.1) is 0 Å². The second kappa shape index (κ2) is 4.13. The minimum absolute atomic E-state index is 0.311. The molecule has 0 bridgehead atoms. The van der Waals surface area contributed by atoms with Crippen molar-refractivity contribution >= 4 is 21.7 Å². The molecule has 0 amide bonds. The van der Waals surface area contributed by atoms with Crippen molar-refractivity contribution in [2.24, 2.45) is 0 Å². The van der Waals surface area contributed by atoms with Crippen LogP contribution in [0.4, 0.5) is 5.82 Å². The van der Waals surface area contributed by atoms with Crippen molar-refractivity contribution in [3.05, 3.63) is 21.2 Å². The Kier molecular flexibility index (Phi) is 2.86. The number of nitrogens with one attached hydrogen (secondary N) is 2. The van der Waals surface area contributed by atoms with E-state index in [4.69, 9.17) is 0 Å². The summed E-state index contributed by atoms with van der Waals surface area (Å²) in [5.41, 5.74) is -0.311. The zero-order chi connectivity index (χ0) is 9.97. The lowest BCUT2D eigenvalue weighted by atomic mass is 10.2. The molecule has 1 heterocycles. The molecule has 0 unspecified atom stereocenters. The van der Waals surface area contributed by atoms with Crippen LogP contribution in [0.25, 0.3) is 0 Å². The molecule has 1 saturated carbocycles. The van der Waals surface area contributed by atoms with Crippen LogP contribution in [0.2, 0.25) is 0 Å². The molecular weight excluding hydrogens is 246 g/mol. The van der Waals surface area contributed by atoms with Crippen LogP contribution in [-0.4, -0.2) is 16.0 Å². The van der Waals surface area contributed by atoms with Crippen molar-refractivity contribution in [3.63, 3.8) is 0 Å². The smallest absolute Gasteiger partial charge is 0.346 e. The van der Waals surface area contributed by atoms with Crippen LogP contribution in [0.5, 0.6) is 0 Å². The molecule has 1 aromatic rings. The Morgan fingerprint density at radius 3 is 2.93 bits per heavy atom. The summed E-state index contributed by atoms with van der Waals surface area (Å²) >= 11 is 3.34. The van der Waals surface area contributed by atoms with Crippen molar-refractivity contribution in [2.75, 3.05) is 5.32 Å². The summed E-state index contributed by atoms with van der Waals surface area (Å²) in [6.45, 7) is 0. The third kappa shape index (κ3) is 2.15. The van der Waals surface area contributed by atoms with Gasteiger partial charge in [-0.2, -0.15) is 0 Å². The molecule has 0 radical (unpaired) electrons. The summed E-state index contributed by atoms with van der Waals surface area (Å²) in [5.74, 6) is 0.747. The van der Waals surface area contributed by atoms with Crippen molar-refractivity contribution in [2.45, 2.75) is 31.7 Å². The second-order valence-corrected chi connectivity index (χ2v) is 4.39. The molecule has 0 atom stereocenters. The fraction of sp³-hybridized carbons (Fsp3) is 0.556. The van der Waals surface area contributed by atoms with Gasteiger partial charge in [0.2, 0.25) is 0 Å². The minimum Gasteiger partial charge on any atom is -0.368 e. The number of H-pyrrole nitrogens is 1. The molecule has 2 N–H and O–H groups in total. The molecule has 0 saturated heterocycles. The standard InChI is InChI=1S/C9H12BrN3O/c10-7-5-11-9(14)13-8(7)12-6-3-1-2-4-6/h5-6H,1-4H2,(H2,11,12,13,14). The van der Waals surface area contributed by atoms with Gasteiger partial charge in [0.15, 0.2) is 0 Å². The van der Waals surface area contributed by atoms with Crippen molar-refractivity contribution < 1.29 is 0 Å². The van der Waals surface area contributed by atoms with Gasteiger partial charge >= 0.3 is 5.69 Å². The van der Waals surface area contributed by atoms with E-state index in [1.54, 1.807) is 0 Å². The summed E-state index contributed by atoms with van der Waals surface area (Å²) in [6, 6.07) is 0.490. The largest absolute Gasteiger partial charge is 0.368 e. The molecular formula is C9H12BrN3O. The van der Waals surface area contributed by atoms with Crippen molar-refractivity contribution in [3.8, 4) is 0 Å². The van der Waals surface area contributed by atoms with Gasteiger partial charge in [0.05, 0.1) is 10.7 Å². The first-order valence-electron chi connectivity index (χ1n) is 4.77. The summed E-state index contributed by atoms with van der Waals surface area (Å²) in [5, 5.41) is 3.31. The van der Waals surface area contributed by atoms with Crippen LogP contribution in [0.15, 0.2) is 15.5 Å². The lowest BCUT2D eigenvalue weighted by Gasteiger charge is -2.13. The third-order valence-corrected chi connectivity index (χ3v) is 3.07. The molecule has 1 aliphatic carbocycles. The first-order chi connectivity index (χ1) is 6.75. The average Bonchev–Trinajstić information content (AvgIpc) is 2.64. The van der Waals surface area contributed by atoms with E-state index in [1.807, 2.05) is 0 Å². The maximum Gasteiger partial charge on any atom is 0.346 e. The predicted molar refractivity (Wildman–Crippen MR) is 58.4 cm³/mol. The van der Waals surface area contributed by atoms with Crippen molar-refractivity contribution in [1.29, 1.82) is 0 Å². The first-order valence-corrected chi connectivity index (χ1v) is 5.56. The van der Waals surface area contributed by atoms with Gasteiger partial charge in [-0.25, -0.2) is 9.78 Å². The van der Waals surface area contributed by atoms with E-state index in [1.165, 1.54) is 31.9 Å². The van der Waals surface area contributed by atoms with E-state index in [9.17, 15) is 4.79 Å². The topological polar surface area (TPSA) is 57.8 Å². The van der Waals surface area contributed by atoms with Crippen LogP contribution < -0.4 is 11.0 Å². The molecule has 5 heteroatoms. The highest BCUT2D eigenvalue weighted by atomic mass is 79.9. The van der Waals surface area contributed by atoms with Gasteiger partial charge in [0.1, 0.15) is 5.82 Å². The highest BCUT2D eigenvalue weighted by Gasteiger charge is 2.15. The highest BCUT2D eigenvalue weighted by molar-refractivity contribution is 9.10. The Morgan fingerprint density at radius 2 is 2.21 bits per heavy atom. The maximum absolute atomic E-state index is 11.0. The van der Waals surface area contributed by atoms with E-state index < -0.39 is 0 Å². The third-order valence-electron chi connectivity index (χ3n) is 2.47. The molecule has 0 spiro atoms. The number of nitrogens with zero attached hydrogens (tertiary/aromatic N) is 1. The normalized spacial score (nSPS) is 17.2. The number of hydrogen-bond acceptors (Lipinski definition) is 3. The Bertz CT molecular complexity index is 371. The lowest BCUT2D eigenvalue weighted by molar-refractivity contribution is 0.747. The van der Waals surface area contributed by atoms with Gasteiger partial charge in [-0.3, -0.25) is 4.98 Å². The summed E-state index contributed by atoms with van der Waals surface area (Å²) < 4.78 is 0.809. The number of rotatable bonds is 2. The highest BCUT2D eigenvalue weighted by Crippen LogP contribution is 2.24. The van der Waals surface area contributed by atoms with Crippen LogP contribution >= 0.6 is 15.9 Å². The molecule has 1 aromatic heterocycles. The monoisotopic (exact) mass is 257 g/mol. The van der Waals surface area contributed by atoms with Gasteiger partial charge in [-0.05, 0) is 28.8 Å². The van der Waals surface area contributed by atoms with Gasteiger partial charge < -0.3 is 5.32 Å². The van der Waals surface area contributed by atoms with Crippen LogP contribution in [-0.2, 0) is 0 Å². The van der Waals surface area contributed by atoms with Gasteiger partial charge in [0, 0.05) is 6.04 Å². The van der Waals surface area contributed by atoms with E-state index in [2.05, 4.69) is 31.2 Å². The zero-order valence-corrected chi connectivity index (χ0v) is 9.30. The Morgan fingerprint density at radius 1 is 1.50 bits per heavy atom. The van der Waals surface area contributed by atoms with Crippen LogP contribution in [0.3, 0.4) is 0 Å². The fourth-order valence-electron chi connectivity index (χ4n) is 1.76. The van der Waals surface area contributed by atoms with E-state index in [-0.39, 0.29) is 5.69 Å². The summed E-state index contributed by atoms with van der Waals surface area (Å²) in [6.07, 6.45) is 6.42. The van der Waals surface area contributed by atoms with E-state index in [0.717, 1.165) is 10.3 Å². The molecule has 1 aliphatic rings. The molecule has 76 valence electrons. The molecule has 0 aromatic carbocycles. The summed E-state index contributed by atoms with van der Waals surface area (Å²) in [4.78, 5) is 17.3. The van der Waals surface area contributed by atoms with E-state index >= 15 is 0 Å². The molecule has 1 fully saturated rings. The van der Waals surface area contributed by atoms with Crippen LogP contribution in [0.1, 0.15) is 25.7 Å². The molecule has 0 aliphatic heterocycles. The Balaban J connectivity index is 2.14. The number of aromatic nitrogens is 2. The predicted octanol–water partition coefficient (Wildman–Crippen LogP) is 1.89. The van der Waals surface area contributed by atoms with Crippen LogP contribution in [0, 0.1) is 0 Å². The quantitative estimate of drug-likeness (QED) is 0.851. The average molecular weight is 258 g/mol. The second-order valence-electron chi connectivity index (χ2n) is 3.54. The molecule has 2 rings (SSSR count). The zero-order valence-electron chi connectivity index (χ0n) is 7.72. The maximum atomic E-state index is 11.0. The minimum atomic E-state index is -0.311. The van der Waals surface area contributed by atoms with Gasteiger partial charge in [0.25, 0.3) is 0 Å². The first kappa shape index (κ1) is 9.71.